The first kappa shape index (κ1) is 19.6. The number of hydrogen-bond acceptors (Lipinski definition) is 4. The maximum absolute atomic E-state index is 12.0. The van der Waals surface area contributed by atoms with Crippen LogP contribution in [0.1, 0.15) is 25.3 Å². The summed E-state index contributed by atoms with van der Waals surface area (Å²) in [4.78, 5) is 12.0. The SMILES string of the molecule is COc1ccc(OCCCC(=O)N[C@H](C)COc2ccccc2C)cc1. The van der Waals surface area contributed by atoms with Crippen LogP contribution in [0.3, 0.4) is 0 Å². The van der Waals surface area contributed by atoms with Crippen LogP contribution in [-0.4, -0.2) is 32.3 Å². The lowest BCUT2D eigenvalue weighted by Gasteiger charge is -2.16. The van der Waals surface area contributed by atoms with Crippen molar-refractivity contribution in [2.75, 3.05) is 20.3 Å². The smallest absolute Gasteiger partial charge is 0.220 e. The highest BCUT2D eigenvalue weighted by molar-refractivity contribution is 5.76. The maximum Gasteiger partial charge on any atom is 0.220 e. The fourth-order valence-electron chi connectivity index (χ4n) is 2.42. The maximum atomic E-state index is 12.0. The van der Waals surface area contributed by atoms with Crippen molar-refractivity contribution in [3.63, 3.8) is 0 Å². The highest BCUT2D eigenvalue weighted by Crippen LogP contribution is 2.17. The first-order valence-corrected chi connectivity index (χ1v) is 8.83. The molecule has 0 saturated heterocycles. The third-order valence-corrected chi connectivity index (χ3v) is 3.87. The molecule has 0 unspecified atom stereocenters. The number of rotatable bonds is 10. The van der Waals surface area contributed by atoms with Gasteiger partial charge in [-0.1, -0.05) is 18.2 Å². The molecule has 2 aromatic carbocycles. The van der Waals surface area contributed by atoms with Crippen LogP contribution in [0.25, 0.3) is 0 Å². The molecule has 2 rings (SSSR count). The molecule has 0 fully saturated rings. The minimum absolute atomic E-state index is 0.00390. The van der Waals surface area contributed by atoms with Crippen molar-refractivity contribution in [3.8, 4) is 17.2 Å². The van der Waals surface area contributed by atoms with Gasteiger partial charge in [-0.25, -0.2) is 0 Å². The van der Waals surface area contributed by atoms with E-state index in [1.807, 2.05) is 62.4 Å². The van der Waals surface area contributed by atoms with E-state index in [2.05, 4.69) is 5.32 Å². The number of ether oxygens (including phenoxy) is 3. The number of amides is 1. The Bertz CT molecular complexity index is 685. The van der Waals surface area contributed by atoms with E-state index in [0.29, 0.717) is 26.1 Å². The molecule has 0 radical (unpaired) electrons. The Morgan fingerprint density at radius 1 is 1.04 bits per heavy atom. The van der Waals surface area contributed by atoms with Crippen LogP contribution >= 0.6 is 0 Å². The third-order valence-electron chi connectivity index (χ3n) is 3.87. The summed E-state index contributed by atoms with van der Waals surface area (Å²) in [5.74, 6) is 2.41. The van der Waals surface area contributed by atoms with Gasteiger partial charge in [0.1, 0.15) is 23.9 Å². The molecule has 0 spiro atoms. The molecule has 0 heterocycles. The summed E-state index contributed by atoms with van der Waals surface area (Å²) in [5.41, 5.74) is 1.08. The Labute approximate surface area is 155 Å². The van der Waals surface area contributed by atoms with Crippen molar-refractivity contribution < 1.29 is 19.0 Å². The third kappa shape index (κ3) is 6.67. The van der Waals surface area contributed by atoms with Crippen LogP contribution in [0, 0.1) is 6.92 Å². The van der Waals surface area contributed by atoms with Crippen molar-refractivity contribution >= 4 is 5.91 Å². The minimum atomic E-state index is -0.0513. The number of carbonyl (C=O) groups is 1. The molecule has 0 bridgehead atoms. The van der Waals surface area contributed by atoms with E-state index >= 15 is 0 Å². The fraction of sp³-hybridized carbons (Fsp3) is 0.381. The number of benzene rings is 2. The molecule has 5 nitrogen and oxygen atoms in total. The van der Waals surface area contributed by atoms with Gasteiger partial charge in [-0.15, -0.1) is 0 Å². The summed E-state index contributed by atoms with van der Waals surface area (Å²) in [6.45, 7) is 4.87. The zero-order chi connectivity index (χ0) is 18.8. The largest absolute Gasteiger partial charge is 0.497 e. The van der Waals surface area contributed by atoms with Gasteiger partial charge < -0.3 is 19.5 Å². The van der Waals surface area contributed by atoms with E-state index in [1.165, 1.54) is 0 Å². The summed E-state index contributed by atoms with van der Waals surface area (Å²) in [7, 11) is 1.63. The van der Waals surface area contributed by atoms with Crippen molar-refractivity contribution in [1.29, 1.82) is 0 Å². The zero-order valence-corrected chi connectivity index (χ0v) is 15.7. The monoisotopic (exact) mass is 357 g/mol. The first-order valence-electron chi connectivity index (χ1n) is 8.83. The van der Waals surface area contributed by atoms with Crippen LogP contribution in [0.15, 0.2) is 48.5 Å². The zero-order valence-electron chi connectivity index (χ0n) is 15.7. The second-order valence-electron chi connectivity index (χ2n) is 6.17. The van der Waals surface area contributed by atoms with Crippen molar-refractivity contribution in [2.24, 2.45) is 0 Å². The lowest BCUT2D eigenvalue weighted by atomic mass is 10.2. The van der Waals surface area contributed by atoms with Gasteiger partial charge in [0.05, 0.1) is 19.8 Å². The van der Waals surface area contributed by atoms with Gasteiger partial charge >= 0.3 is 0 Å². The van der Waals surface area contributed by atoms with E-state index in [4.69, 9.17) is 14.2 Å². The molecule has 0 aliphatic carbocycles. The number of hydrogen-bond donors (Lipinski definition) is 1. The summed E-state index contributed by atoms with van der Waals surface area (Å²) in [6, 6.07) is 15.2. The topological polar surface area (TPSA) is 56.8 Å². The molecule has 0 aromatic heterocycles. The average molecular weight is 357 g/mol. The molecule has 2 aromatic rings. The van der Waals surface area contributed by atoms with Gasteiger partial charge in [-0.2, -0.15) is 0 Å². The number of para-hydroxylation sites is 1. The highest BCUT2D eigenvalue weighted by Gasteiger charge is 2.09. The Hall–Kier alpha value is -2.69. The standard InChI is InChI=1S/C21H27NO4/c1-16-7-4-5-8-20(16)26-15-17(2)22-21(23)9-6-14-25-19-12-10-18(24-3)11-13-19/h4-5,7-8,10-13,17H,6,9,14-15H2,1-3H3,(H,22,23)/t17-/m1/s1. The summed E-state index contributed by atoms with van der Waals surface area (Å²) < 4.78 is 16.5. The number of nitrogens with one attached hydrogen (secondary N) is 1. The van der Waals surface area contributed by atoms with Gasteiger partial charge in [0.25, 0.3) is 0 Å². The quantitative estimate of drug-likeness (QED) is 0.658. The van der Waals surface area contributed by atoms with Crippen molar-refractivity contribution in [1.82, 2.24) is 5.32 Å². The molecule has 5 heteroatoms. The van der Waals surface area contributed by atoms with Crippen LogP contribution in [-0.2, 0) is 4.79 Å². The molecule has 1 atom stereocenters. The van der Waals surface area contributed by atoms with Gasteiger partial charge in [-0.05, 0) is 56.2 Å². The minimum Gasteiger partial charge on any atom is -0.497 e. The van der Waals surface area contributed by atoms with Crippen LogP contribution in [0.2, 0.25) is 0 Å². The molecular weight excluding hydrogens is 330 g/mol. The predicted molar refractivity (Wildman–Crippen MR) is 102 cm³/mol. The van der Waals surface area contributed by atoms with Gasteiger partial charge in [0, 0.05) is 6.42 Å². The molecule has 0 aliphatic heterocycles. The number of methoxy groups -OCH3 is 1. The van der Waals surface area contributed by atoms with Gasteiger partial charge in [0.15, 0.2) is 0 Å². The fourth-order valence-corrected chi connectivity index (χ4v) is 2.42. The van der Waals surface area contributed by atoms with E-state index in [1.54, 1.807) is 7.11 Å². The second kappa shape index (κ2) is 10.3. The first-order chi connectivity index (χ1) is 12.6. The summed E-state index contributed by atoms with van der Waals surface area (Å²) in [6.07, 6.45) is 1.08. The highest BCUT2D eigenvalue weighted by atomic mass is 16.5. The Morgan fingerprint density at radius 3 is 2.42 bits per heavy atom. The van der Waals surface area contributed by atoms with Crippen molar-refractivity contribution in [3.05, 3.63) is 54.1 Å². The van der Waals surface area contributed by atoms with Crippen LogP contribution < -0.4 is 19.5 Å². The summed E-state index contributed by atoms with van der Waals surface area (Å²) in [5, 5.41) is 2.95. The Morgan fingerprint density at radius 2 is 1.73 bits per heavy atom. The summed E-state index contributed by atoms with van der Waals surface area (Å²) >= 11 is 0. The van der Waals surface area contributed by atoms with E-state index in [9.17, 15) is 4.79 Å². The van der Waals surface area contributed by atoms with Crippen molar-refractivity contribution in [2.45, 2.75) is 32.7 Å². The molecule has 1 N–H and O–H groups in total. The molecule has 0 saturated carbocycles. The van der Waals surface area contributed by atoms with E-state index in [0.717, 1.165) is 22.8 Å². The number of carbonyl (C=O) groups excluding carboxylic acids is 1. The predicted octanol–water partition coefficient (Wildman–Crippen LogP) is 3.75. The van der Waals surface area contributed by atoms with Gasteiger partial charge in [-0.3, -0.25) is 4.79 Å². The van der Waals surface area contributed by atoms with E-state index < -0.39 is 0 Å². The molecular formula is C21H27NO4. The molecule has 1 amide bonds. The molecule has 0 aliphatic rings. The molecule has 140 valence electrons. The lowest BCUT2D eigenvalue weighted by Crippen LogP contribution is -2.36. The molecule has 26 heavy (non-hydrogen) atoms. The number of aryl methyl sites for hydroxylation is 1. The second-order valence-corrected chi connectivity index (χ2v) is 6.17. The lowest BCUT2D eigenvalue weighted by molar-refractivity contribution is -0.122. The van der Waals surface area contributed by atoms with E-state index in [-0.39, 0.29) is 11.9 Å². The van der Waals surface area contributed by atoms with Crippen LogP contribution in [0.5, 0.6) is 17.2 Å². The van der Waals surface area contributed by atoms with Crippen LogP contribution in [0.4, 0.5) is 0 Å². The Balaban J connectivity index is 1.61. The Kier molecular flexibility index (Phi) is 7.80. The normalized spacial score (nSPS) is 11.5. The van der Waals surface area contributed by atoms with Gasteiger partial charge in [0.2, 0.25) is 5.91 Å². The average Bonchev–Trinajstić information content (AvgIpc) is 2.65.